The Morgan fingerprint density at radius 2 is 2.05 bits per heavy atom. The van der Waals surface area contributed by atoms with Crippen LogP contribution in [0.4, 0.5) is 0 Å². The van der Waals surface area contributed by atoms with E-state index in [0.29, 0.717) is 13.0 Å². The number of hydrogen-bond acceptors (Lipinski definition) is 4. The highest BCUT2D eigenvalue weighted by Gasteiger charge is 2.20. The van der Waals surface area contributed by atoms with Gasteiger partial charge in [-0.05, 0) is 37.1 Å². The molecule has 1 fully saturated rings. The number of rotatable bonds is 4. The maximum atomic E-state index is 12.3. The Bertz CT molecular complexity index is 567. The fourth-order valence-corrected chi connectivity index (χ4v) is 3.56. The van der Waals surface area contributed by atoms with Gasteiger partial charge in [0.25, 0.3) is 0 Å². The van der Waals surface area contributed by atoms with Gasteiger partial charge in [-0.1, -0.05) is 18.6 Å². The number of benzene rings is 1. The third-order valence-corrected chi connectivity index (χ3v) is 4.92. The van der Waals surface area contributed by atoms with Crippen molar-refractivity contribution in [2.24, 2.45) is 0 Å². The van der Waals surface area contributed by atoms with Crippen LogP contribution in [-0.4, -0.2) is 27.5 Å². The van der Waals surface area contributed by atoms with Gasteiger partial charge in [0, 0.05) is 12.6 Å². The number of sulfonamides is 1. The van der Waals surface area contributed by atoms with Crippen molar-refractivity contribution < 1.29 is 8.42 Å². The number of nitriles is 1. The summed E-state index contributed by atoms with van der Waals surface area (Å²) in [6.07, 6.45) is 3.27. The summed E-state index contributed by atoms with van der Waals surface area (Å²) in [5.74, 6) is 0. The molecule has 20 heavy (non-hydrogen) atoms. The van der Waals surface area contributed by atoms with Gasteiger partial charge in [-0.2, -0.15) is 5.26 Å². The lowest BCUT2D eigenvalue weighted by Crippen LogP contribution is -2.40. The SMILES string of the molecule is N#CCc1ccc(S(=O)(=O)NC2CCCCNC2)cc1. The summed E-state index contributed by atoms with van der Waals surface area (Å²) in [5.41, 5.74) is 0.822. The molecule has 1 unspecified atom stereocenters. The Labute approximate surface area is 120 Å². The van der Waals surface area contributed by atoms with E-state index in [2.05, 4.69) is 10.0 Å². The molecular formula is C14H19N3O2S. The molecule has 1 aromatic carbocycles. The fraction of sp³-hybridized carbons (Fsp3) is 0.500. The van der Waals surface area contributed by atoms with Crippen LogP contribution in [0.5, 0.6) is 0 Å². The first kappa shape index (κ1) is 15.0. The molecular weight excluding hydrogens is 274 g/mol. The normalized spacial score (nSPS) is 20.1. The summed E-state index contributed by atoms with van der Waals surface area (Å²) in [6.45, 7) is 1.62. The van der Waals surface area contributed by atoms with E-state index in [1.165, 1.54) is 0 Å². The zero-order valence-corrected chi connectivity index (χ0v) is 12.1. The van der Waals surface area contributed by atoms with E-state index in [1.807, 2.05) is 6.07 Å². The van der Waals surface area contributed by atoms with Crippen molar-refractivity contribution >= 4 is 10.0 Å². The first-order valence-corrected chi connectivity index (χ1v) is 8.29. The van der Waals surface area contributed by atoms with Gasteiger partial charge >= 0.3 is 0 Å². The third kappa shape index (κ3) is 4.04. The highest BCUT2D eigenvalue weighted by Crippen LogP contribution is 2.13. The second-order valence-electron chi connectivity index (χ2n) is 5.00. The minimum Gasteiger partial charge on any atom is -0.315 e. The standard InChI is InChI=1S/C14H19N3O2S/c15-9-8-12-4-6-14(7-5-12)20(18,19)17-13-3-1-2-10-16-11-13/h4-7,13,16-17H,1-3,8,10-11H2. The van der Waals surface area contributed by atoms with Crippen LogP contribution in [0.3, 0.4) is 0 Å². The molecule has 0 aromatic heterocycles. The molecule has 1 aromatic rings. The molecule has 1 aliphatic heterocycles. The Hall–Kier alpha value is -1.42. The molecule has 0 bridgehead atoms. The Morgan fingerprint density at radius 1 is 1.30 bits per heavy atom. The molecule has 2 N–H and O–H groups in total. The van der Waals surface area contributed by atoms with Crippen LogP contribution in [0.2, 0.25) is 0 Å². The maximum absolute atomic E-state index is 12.3. The predicted octanol–water partition coefficient (Wildman–Crippen LogP) is 1.17. The largest absolute Gasteiger partial charge is 0.315 e. The van der Waals surface area contributed by atoms with E-state index >= 15 is 0 Å². The number of nitrogens with one attached hydrogen (secondary N) is 2. The van der Waals surface area contributed by atoms with E-state index in [0.717, 1.165) is 31.4 Å². The second-order valence-corrected chi connectivity index (χ2v) is 6.71. The van der Waals surface area contributed by atoms with Crippen molar-refractivity contribution in [1.29, 1.82) is 5.26 Å². The highest BCUT2D eigenvalue weighted by atomic mass is 32.2. The molecule has 0 saturated carbocycles. The van der Waals surface area contributed by atoms with Gasteiger partial charge in [0.15, 0.2) is 0 Å². The van der Waals surface area contributed by atoms with Gasteiger partial charge in [0.1, 0.15) is 0 Å². The number of nitrogens with zero attached hydrogens (tertiary/aromatic N) is 1. The summed E-state index contributed by atoms with van der Waals surface area (Å²) in [4.78, 5) is 0.253. The minimum atomic E-state index is -3.48. The van der Waals surface area contributed by atoms with Crippen LogP contribution in [-0.2, 0) is 16.4 Å². The molecule has 6 heteroatoms. The molecule has 1 atom stereocenters. The topological polar surface area (TPSA) is 82.0 Å². The Kier molecular flexibility index (Phi) is 5.12. The van der Waals surface area contributed by atoms with E-state index in [1.54, 1.807) is 24.3 Å². The van der Waals surface area contributed by atoms with Crippen molar-refractivity contribution in [1.82, 2.24) is 10.0 Å². The molecule has 5 nitrogen and oxygen atoms in total. The van der Waals surface area contributed by atoms with Gasteiger partial charge in [-0.25, -0.2) is 13.1 Å². The van der Waals surface area contributed by atoms with Crippen LogP contribution in [0.25, 0.3) is 0 Å². The lowest BCUT2D eigenvalue weighted by atomic mass is 10.2. The molecule has 108 valence electrons. The van der Waals surface area contributed by atoms with Gasteiger partial charge in [0.05, 0.1) is 17.4 Å². The third-order valence-electron chi connectivity index (χ3n) is 3.39. The van der Waals surface area contributed by atoms with Crippen molar-refractivity contribution in [2.45, 2.75) is 36.6 Å². The second kappa shape index (κ2) is 6.84. The van der Waals surface area contributed by atoms with Gasteiger partial charge in [0.2, 0.25) is 10.0 Å². The maximum Gasteiger partial charge on any atom is 0.240 e. The van der Waals surface area contributed by atoms with Gasteiger partial charge in [-0.3, -0.25) is 0 Å². The van der Waals surface area contributed by atoms with E-state index in [4.69, 9.17) is 5.26 Å². The van der Waals surface area contributed by atoms with Crippen molar-refractivity contribution in [3.8, 4) is 6.07 Å². The monoisotopic (exact) mass is 293 g/mol. The highest BCUT2D eigenvalue weighted by molar-refractivity contribution is 7.89. The minimum absolute atomic E-state index is 0.0544. The van der Waals surface area contributed by atoms with Crippen molar-refractivity contribution in [2.75, 3.05) is 13.1 Å². The summed E-state index contributed by atoms with van der Waals surface area (Å²) >= 11 is 0. The average molecular weight is 293 g/mol. The first-order valence-electron chi connectivity index (χ1n) is 6.81. The predicted molar refractivity (Wildman–Crippen MR) is 76.6 cm³/mol. The molecule has 2 rings (SSSR count). The fourth-order valence-electron chi connectivity index (χ4n) is 2.28. The Morgan fingerprint density at radius 3 is 2.75 bits per heavy atom. The number of hydrogen-bond donors (Lipinski definition) is 2. The summed E-state index contributed by atoms with van der Waals surface area (Å²) in [7, 11) is -3.48. The van der Waals surface area contributed by atoms with E-state index < -0.39 is 10.0 Å². The lowest BCUT2D eigenvalue weighted by molar-refractivity contribution is 0.521. The zero-order chi connectivity index (χ0) is 14.4. The molecule has 1 heterocycles. The lowest BCUT2D eigenvalue weighted by Gasteiger charge is -2.16. The molecule has 0 radical (unpaired) electrons. The van der Waals surface area contributed by atoms with Crippen LogP contribution in [0, 0.1) is 11.3 Å². The van der Waals surface area contributed by atoms with E-state index in [-0.39, 0.29) is 10.9 Å². The summed E-state index contributed by atoms with van der Waals surface area (Å²) in [5, 5.41) is 11.8. The molecule has 0 aliphatic carbocycles. The van der Waals surface area contributed by atoms with Crippen molar-refractivity contribution in [3.05, 3.63) is 29.8 Å². The van der Waals surface area contributed by atoms with Crippen LogP contribution >= 0.6 is 0 Å². The van der Waals surface area contributed by atoms with Gasteiger partial charge in [-0.15, -0.1) is 0 Å². The average Bonchev–Trinajstić information content (AvgIpc) is 2.68. The molecule has 0 spiro atoms. The van der Waals surface area contributed by atoms with Crippen molar-refractivity contribution in [3.63, 3.8) is 0 Å². The quantitative estimate of drug-likeness (QED) is 0.873. The summed E-state index contributed by atoms with van der Waals surface area (Å²) < 4.78 is 27.3. The molecule has 1 saturated heterocycles. The molecule has 1 aliphatic rings. The Balaban J connectivity index is 2.07. The summed E-state index contributed by atoms with van der Waals surface area (Å²) in [6, 6.07) is 8.46. The van der Waals surface area contributed by atoms with Crippen LogP contribution in [0.1, 0.15) is 24.8 Å². The zero-order valence-electron chi connectivity index (χ0n) is 11.3. The van der Waals surface area contributed by atoms with E-state index in [9.17, 15) is 8.42 Å². The first-order chi connectivity index (χ1) is 9.62. The van der Waals surface area contributed by atoms with Gasteiger partial charge < -0.3 is 5.32 Å². The smallest absolute Gasteiger partial charge is 0.240 e. The van der Waals surface area contributed by atoms with Crippen LogP contribution in [0.15, 0.2) is 29.2 Å². The van der Waals surface area contributed by atoms with Crippen LogP contribution < -0.4 is 10.0 Å². The molecule has 0 amide bonds.